The lowest BCUT2D eigenvalue weighted by molar-refractivity contribution is -0.139. The van der Waals surface area contributed by atoms with E-state index in [0.29, 0.717) is 5.56 Å². The van der Waals surface area contributed by atoms with Gasteiger partial charge in [0.05, 0.1) is 6.20 Å². The maximum atomic E-state index is 11.9. The van der Waals surface area contributed by atoms with E-state index in [1.807, 2.05) is 0 Å². The van der Waals surface area contributed by atoms with E-state index in [2.05, 4.69) is 14.9 Å². The molecular formula is C11H11N3O4S. The Labute approximate surface area is 109 Å². The predicted molar refractivity (Wildman–Crippen MR) is 65.7 cm³/mol. The lowest BCUT2D eigenvalue weighted by Gasteiger charge is -2.14. The Kier molecular flexibility index (Phi) is 3.63. The van der Waals surface area contributed by atoms with Crippen molar-refractivity contribution in [3.8, 4) is 0 Å². The van der Waals surface area contributed by atoms with Crippen LogP contribution in [0.15, 0.2) is 47.6 Å². The van der Waals surface area contributed by atoms with Gasteiger partial charge in [0.2, 0.25) is 0 Å². The molecule has 0 aliphatic rings. The molecule has 0 unspecified atom stereocenters. The second-order valence-electron chi connectivity index (χ2n) is 3.72. The number of nitrogens with zero attached hydrogens (tertiary/aromatic N) is 1. The SMILES string of the molecule is O=C(O)[C@H](NS(=O)(=O)c1ccn[nH]1)c1ccccc1. The normalized spacial score (nSPS) is 13.1. The van der Waals surface area contributed by atoms with Gasteiger partial charge in [-0.05, 0) is 11.6 Å². The zero-order valence-corrected chi connectivity index (χ0v) is 10.5. The first-order chi connectivity index (χ1) is 9.00. The summed E-state index contributed by atoms with van der Waals surface area (Å²) in [7, 11) is -3.96. The molecule has 2 aromatic rings. The molecule has 0 radical (unpaired) electrons. The van der Waals surface area contributed by atoms with Crippen LogP contribution in [-0.4, -0.2) is 29.7 Å². The molecule has 100 valence electrons. The maximum absolute atomic E-state index is 11.9. The van der Waals surface area contributed by atoms with Gasteiger partial charge in [-0.1, -0.05) is 30.3 Å². The van der Waals surface area contributed by atoms with Gasteiger partial charge in [-0.25, -0.2) is 8.42 Å². The molecule has 3 N–H and O–H groups in total. The van der Waals surface area contributed by atoms with Crippen molar-refractivity contribution in [1.82, 2.24) is 14.9 Å². The summed E-state index contributed by atoms with van der Waals surface area (Å²) in [6, 6.07) is 7.95. The summed E-state index contributed by atoms with van der Waals surface area (Å²) < 4.78 is 26.0. The molecule has 1 atom stereocenters. The van der Waals surface area contributed by atoms with E-state index in [0.717, 1.165) is 0 Å². The van der Waals surface area contributed by atoms with Gasteiger partial charge in [0.1, 0.15) is 6.04 Å². The average molecular weight is 281 g/mol. The van der Waals surface area contributed by atoms with Crippen LogP contribution >= 0.6 is 0 Å². The predicted octanol–water partition coefficient (Wildman–Crippen LogP) is 0.514. The number of nitrogens with one attached hydrogen (secondary N) is 2. The van der Waals surface area contributed by atoms with Crippen molar-refractivity contribution in [1.29, 1.82) is 0 Å². The fourth-order valence-electron chi connectivity index (χ4n) is 1.52. The van der Waals surface area contributed by atoms with E-state index < -0.39 is 22.0 Å². The maximum Gasteiger partial charge on any atom is 0.326 e. The zero-order valence-electron chi connectivity index (χ0n) is 9.65. The molecule has 19 heavy (non-hydrogen) atoms. The van der Waals surface area contributed by atoms with Crippen LogP contribution in [-0.2, 0) is 14.8 Å². The fourth-order valence-corrected chi connectivity index (χ4v) is 2.60. The topological polar surface area (TPSA) is 112 Å². The van der Waals surface area contributed by atoms with E-state index in [1.165, 1.54) is 24.4 Å². The Morgan fingerprint density at radius 3 is 2.47 bits per heavy atom. The second-order valence-corrected chi connectivity index (χ2v) is 5.41. The van der Waals surface area contributed by atoms with Crippen LogP contribution in [0.3, 0.4) is 0 Å². The van der Waals surface area contributed by atoms with Crippen LogP contribution in [0.25, 0.3) is 0 Å². The van der Waals surface area contributed by atoms with E-state index >= 15 is 0 Å². The Hall–Kier alpha value is -2.19. The second kappa shape index (κ2) is 5.21. The minimum atomic E-state index is -3.96. The van der Waals surface area contributed by atoms with Crippen molar-refractivity contribution in [2.24, 2.45) is 0 Å². The molecule has 0 bridgehead atoms. The highest BCUT2D eigenvalue weighted by atomic mass is 32.2. The number of carbonyl (C=O) groups is 1. The minimum Gasteiger partial charge on any atom is -0.480 e. The first-order valence-electron chi connectivity index (χ1n) is 5.30. The lowest BCUT2D eigenvalue weighted by atomic mass is 10.1. The zero-order chi connectivity index (χ0) is 13.9. The van der Waals surface area contributed by atoms with Crippen LogP contribution in [0, 0.1) is 0 Å². The van der Waals surface area contributed by atoms with Crippen molar-refractivity contribution in [2.45, 2.75) is 11.1 Å². The third-order valence-electron chi connectivity index (χ3n) is 2.42. The van der Waals surface area contributed by atoms with Crippen LogP contribution in [0.4, 0.5) is 0 Å². The number of rotatable bonds is 5. The van der Waals surface area contributed by atoms with Gasteiger partial charge in [0, 0.05) is 0 Å². The van der Waals surface area contributed by atoms with Crippen molar-refractivity contribution in [2.75, 3.05) is 0 Å². The molecule has 0 saturated carbocycles. The van der Waals surface area contributed by atoms with Crippen LogP contribution < -0.4 is 4.72 Å². The highest BCUT2D eigenvalue weighted by Crippen LogP contribution is 2.16. The van der Waals surface area contributed by atoms with Gasteiger partial charge in [-0.3, -0.25) is 9.89 Å². The molecule has 8 heteroatoms. The highest BCUT2D eigenvalue weighted by Gasteiger charge is 2.27. The minimum absolute atomic E-state index is 0.185. The molecule has 0 spiro atoms. The average Bonchev–Trinajstić information content (AvgIpc) is 2.91. The summed E-state index contributed by atoms with van der Waals surface area (Å²) in [5, 5.41) is 14.8. The van der Waals surface area contributed by atoms with Crippen molar-refractivity contribution < 1.29 is 18.3 Å². The highest BCUT2D eigenvalue weighted by molar-refractivity contribution is 7.89. The van der Waals surface area contributed by atoms with Crippen LogP contribution in [0.2, 0.25) is 0 Å². The Balaban J connectivity index is 2.31. The molecule has 2 rings (SSSR count). The summed E-state index contributed by atoms with van der Waals surface area (Å²) in [6.07, 6.45) is 1.27. The summed E-state index contributed by atoms with van der Waals surface area (Å²) in [5.41, 5.74) is 0.345. The number of H-pyrrole nitrogens is 1. The van der Waals surface area contributed by atoms with Gasteiger partial charge < -0.3 is 5.11 Å². The van der Waals surface area contributed by atoms with Gasteiger partial charge in [-0.15, -0.1) is 0 Å². The number of aliphatic carboxylic acids is 1. The molecule has 1 aromatic carbocycles. The van der Waals surface area contributed by atoms with E-state index in [9.17, 15) is 13.2 Å². The van der Waals surface area contributed by atoms with E-state index in [1.54, 1.807) is 18.2 Å². The Bertz CT molecular complexity index is 653. The molecule has 0 amide bonds. The summed E-state index contributed by atoms with van der Waals surface area (Å²) in [4.78, 5) is 11.2. The van der Waals surface area contributed by atoms with Crippen molar-refractivity contribution >= 4 is 16.0 Å². The number of carboxylic acids is 1. The lowest BCUT2D eigenvalue weighted by Crippen LogP contribution is -2.33. The third-order valence-corrected chi connectivity index (χ3v) is 3.77. The molecule has 1 heterocycles. The fraction of sp³-hybridized carbons (Fsp3) is 0.0909. The van der Waals surface area contributed by atoms with Crippen molar-refractivity contribution in [3.63, 3.8) is 0 Å². The number of aromatic nitrogens is 2. The smallest absolute Gasteiger partial charge is 0.326 e. The number of hydrogen-bond acceptors (Lipinski definition) is 4. The molecule has 7 nitrogen and oxygen atoms in total. The number of benzene rings is 1. The number of hydrogen-bond donors (Lipinski definition) is 3. The molecule has 0 aliphatic heterocycles. The molecular weight excluding hydrogens is 270 g/mol. The molecule has 1 aromatic heterocycles. The van der Waals surface area contributed by atoms with Crippen LogP contribution in [0.5, 0.6) is 0 Å². The number of aromatic amines is 1. The van der Waals surface area contributed by atoms with Crippen LogP contribution in [0.1, 0.15) is 11.6 Å². The van der Waals surface area contributed by atoms with Gasteiger partial charge in [0.15, 0.2) is 5.03 Å². The molecule has 0 saturated heterocycles. The Morgan fingerprint density at radius 2 is 1.95 bits per heavy atom. The molecule has 0 fully saturated rings. The first kappa shape index (κ1) is 13.2. The van der Waals surface area contributed by atoms with Crippen molar-refractivity contribution in [3.05, 3.63) is 48.2 Å². The standard InChI is InChI=1S/C11H11N3O4S/c15-11(16)10(8-4-2-1-3-5-8)14-19(17,18)9-6-7-12-13-9/h1-7,10,14H,(H,12,13)(H,15,16)/t10-/m1/s1. The monoisotopic (exact) mass is 281 g/mol. The number of carboxylic acid groups (broad SMARTS) is 1. The summed E-state index contributed by atoms with van der Waals surface area (Å²) in [6.45, 7) is 0. The summed E-state index contributed by atoms with van der Waals surface area (Å²) in [5.74, 6) is -1.28. The summed E-state index contributed by atoms with van der Waals surface area (Å²) >= 11 is 0. The van der Waals surface area contributed by atoms with E-state index in [-0.39, 0.29) is 5.03 Å². The first-order valence-corrected chi connectivity index (χ1v) is 6.78. The van der Waals surface area contributed by atoms with E-state index in [4.69, 9.17) is 5.11 Å². The van der Waals surface area contributed by atoms with Gasteiger partial charge in [0.25, 0.3) is 10.0 Å². The van der Waals surface area contributed by atoms with Gasteiger partial charge >= 0.3 is 5.97 Å². The third kappa shape index (κ3) is 2.98. The molecule has 0 aliphatic carbocycles. The van der Waals surface area contributed by atoms with Gasteiger partial charge in [-0.2, -0.15) is 9.82 Å². The largest absolute Gasteiger partial charge is 0.480 e. The Morgan fingerprint density at radius 1 is 1.26 bits per heavy atom. The quantitative estimate of drug-likeness (QED) is 0.739. The number of sulfonamides is 1.